The molecule has 0 saturated carbocycles. The molecule has 1 rings (SSSR count). The molecule has 0 aliphatic rings. The van der Waals surface area contributed by atoms with E-state index >= 15 is 0 Å². The van der Waals surface area contributed by atoms with Gasteiger partial charge in [-0.25, -0.2) is 0 Å². The zero-order valence-corrected chi connectivity index (χ0v) is 13.8. The van der Waals surface area contributed by atoms with Crippen molar-refractivity contribution in [2.24, 2.45) is 11.7 Å². The Morgan fingerprint density at radius 3 is 2.95 bits per heavy atom. The Morgan fingerprint density at radius 2 is 2.29 bits per heavy atom. The Bertz CT molecular complexity index is 512. The summed E-state index contributed by atoms with van der Waals surface area (Å²) >= 11 is 1.41. The van der Waals surface area contributed by atoms with Crippen molar-refractivity contribution in [2.75, 3.05) is 26.3 Å². The van der Waals surface area contributed by atoms with Crippen molar-refractivity contribution < 1.29 is 9.53 Å². The SMILES string of the molecule is Cc1cc(C(=O)NCCCOCC(C)C)sc1C#CCN. The summed E-state index contributed by atoms with van der Waals surface area (Å²) in [6, 6.07) is 1.87. The summed E-state index contributed by atoms with van der Waals surface area (Å²) in [5, 5.41) is 2.90. The standard InChI is InChI=1S/C16H24N2O2S/c1-12(2)11-20-9-5-8-18-16(19)15-10-13(3)14(21-15)6-4-7-17/h10,12H,5,7-9,11,17H2,1-3H3,(H,18,19). The summed E-state index contributed by atoms with van der Waals surface area (Å²) in [5.41, 5.74) is 6.38. The van der Waals surface area contributed by atoms with Gasteiger partial charge in [0.25, 0.3) is 5.91 Å². The molecular weight excluding hydrogens is 284 g/mol. The number of carbonyl (C=O) groups excluding carboxylic acids is 1. The maximum absolute atomic E-state index is 12.0. The molecule has 0 saturated heterocycles. The van der Waals surface area contributed by atoms with Gasteiger partial charge in [-0.05, 0) is 30.9 Å². The number of hydrogen-bond donors (Lipinski definition) is 2. The van der Waals surface area contributed by atoms with Crippen LogP contribution in [0, 0.1) is 24.7 Å². The van der Waals surface area contributed by atoms with Crippen molar-refractivity contribution >= 4 is 17.2 Å². The minimum atomic E-state index is -0.0484. The van der Waals surface area contributed by atoms with E-state index in [1.165, 1.54) is 11.3 Å². The molecule has 0 radical (unpaired) electrons. The quantitative estimate of drug-likeness (QED) is 0.599. The van der Waals surface area contributed by atoms with Gasteiger partial charge in [0.2, 0.25) is 0 Å². The van der Waals surface area contributed by atoms with Crippen molar-refractivity contribution in [3.8, 4) is 11.8 Å². The van der Waals surface area contributed by atoms with Crippen LogP contribution in [-0.2, 0) is 4.74 Å². The van der Waals surface area contributed by atoms with Crippen LogP contribution in [0.3, 0.4) is 0 Å². The third kappa shape index (κ3) is 6.76. The summed E-state index contributed by atoms with van der Waals surface area (Å²) < 4.78 is 5.47. The van der Waals surface area contributed by atoms with Crippen LogP contribution in [0.15, 0.2) is 6.07 Å². The summed E-state index contributed by atoms with van der Waals surface area (Å²) in [6.07, 6.45) is 0.822. The molecule has 1 aromatic heterocycles. The molecule has 0 fully saturated rings. The molecule has 4 nitrogen and oxygen atoms in total. The van der Waals surface area contributed by atoms with Gasteiger partial charge in [-0.15, -0.1) is 11.3 Å². The van der Waals surface area contributed by atoms with E-state index in [0.29, 0.717) is 30.5 Å². The molecule has 0 unspecified atom stereocenters. The molecule has 1 aromatic rings. The van der Waals surface area contributed by atoms with Gasteiger partial charge in [-0.3, -0.25) is 4.79 Å². The number of carbonyl (C=O) groups is 1. The van der Waals surface area contributed by atoms with Crippen LogP contribution in [0.5, 0.6) is 0 Å². The van der Waals surface area contributed by atoms with Crippen LogP contribution >= 0.6 is 11.3 Å². The van der Waals surface area contributed by atoms with Crippen molar-refractivity contribution in [2.45, 2.75) is 27.2 Å². The lowest BCUT2D eigenvalue weighted by molar-refractivity contribution is 0.0928. The molecule has 116 valence electrons. The lowest BCUT2D eigenvalue weighted by Gasteiger charge is -2.07. The zero-order chi connectivity index (χ0) is 15.7. The highest BCUT2D eigenvalue weighted by Gasteiger charge is 2.10. The molecule has 0 aliphatic carbocycles. The van der Waals surface area contributed by atoms with Crippen LogP contribution in [0.25, 0.3) is 0 Å². The first-order valence-corrected chi connectivity index (χ1v) is 8.01. The van der Waals surface area contributed by atoms with E-state index in [4.69, 9.17) is 10.5 Å². The molecule has 1 amide bonds. The van der Waals surface area contributed by atoms with E-state index < -0.39 is 0 Å². The topological polar surface area (TPSA) is 64.3 Å². The lowest BCUT2D eigenvalue weighted by atomic mass is 10.2. The maximum Gasteiger partial charge on any atom is 0.261 e. The summed E-state index contributed by atoms with van der Waals surface area (Å²) in [6.45, 7) is 8.58. The molecule has 21 heavy (non-hydrogen) atoms. The van der Waals surface area contributed by atoms with Crippen LogP contribution < -0.4 is 11.1 Å². The summed E-state index contributed by atoms with van der Waals surface area (Å²) in [7, 11) is 0. The summed E-state index contributed by atoms with van der Waals surface area (Å²) in [5.74, 6) is 6.29. The van der Waals surface area contributed by atoms with Crippen LogP contribution in [0.4, 0.5) is 0 Å². The first-order valence-electron chi connectivity index (χ1n) is 7.20. The molecule has 0 spiro atoms. The van der Waals surface area contributed by atoms with E-state index in [1.54, 1.807) is 0 Å². The van der Waals surface area contributed by atoms with Gasteiger partial charge < -0.3 is 15.8 Å². The smallest absolute Gasteiger partial charge is 0.261 e. The molecule has 3 N–H and O–H groups in total. The molecule has 1 heterocycles. The van der Waals surface area contributed by atoms with Gasteiger partial charge >= 0.3 is 0 Å². The Labute approximate surface area is 131 Å². The third-order valence-corrected chi connectivity index (χ3v) is 3.80. The van der Waals surface area contributed by atoms with Crippen LogP contribution in [0.2, 0.25) is 0 Å². The molecule has 0 aromatic carbocycles. The molecule has 5 heteroatoms. The normalized spacial score (nSPS) is 10.3. The predicted octanol–water partition coefficient (Wildman–Crippen LogP) is 2.16. The molecule has 0 atom stereocenters. The van der Waals surface area contributed by atoms with Crippen molar-refractivity contribution in [1.29, 1.82) is 0 Å². The first-order chi connectivity index (χ1) is 10.0. The monoisotopic (exact) mass is 308 g/mol. The average molecular weight is 308 g/mol. The van der Waals surface area contributed by atoms with Gasteiger partial charge in [-0.1, -0.05) is 25.7 Å². The minimum absolute atomic E-state index is 0.0484. The highest BCUT2D eigenvalue weighted by atomic mass is 32.1. The fraction of sp³-hybridized carbons (Fsp3) is 0.562. The second kappa shape index (κ2) is 9.56. The van der Waals surface area contributed by atoms with Crippen molar-refractivity contribution in [1.82, 2.24) is 5.32 Å². The van der Waals surface area contributed by atoms with Crippen LogP contribution in [0.1, 0.15) is 40.4 Å². The Hall–Kier alpha value is -1.35. The number of amides is 1. The Morgan fingerprint density at radius 1 is 1.52 bits per heavy atom. The Kier molecular flexibility index (Phi) is 8.06. The molecular formula is C16H24N2O2S. The number of hydrogen-bond acceptors (Lipinski definition) is 4. The fourth-order valence-electron chi connectivity index (χ4n) is 1.63. The maximum atomic E-state index is 12.0. The van der Waals surface area contributed by atoms with Gasteiger partial charge in [-0.2, -0.15) is 0 Å². The van der Waals surface area contributed by atoms with Gasteiger partial charge in [0.1, 0.15) is 0 Å². The van der Waals surface area contributed by atoms with Gasteiger partial charge in [0.15, 0.2) is 0 Å². The van der Waals surface area contributed by atoms with E-state index in [1.807, 2.05) is 13.0 Å². The van der Waals surface area contributed by atoms with Gasteiger partial charge in [0.05, 0.1) is 16.3 Å². The number of rotatable bonds is 7. The van der Waals surface area contributed by atoms with Crippen molar-refractivity contribution in [3.05, 3.63) is 21.4 Å². The second-order valence-electron chi connectivity index (χ2n) is 5.21. The lowest BCUT2D eigenvalue weighted by Crippen LogP contribution is -2.24. The Balaban J connectivity index is 2.35. The van der Waals surface area contributed by atoms with E-state index in [-0.39, 0.29) is 5.91 Å². The predicted molar refractivity (Wildman–Crippen MR) is 87.6 cm³/mol. The van der Waals surface area contributed by atoms with Crippen molar-refractivity contribution in [3.63, 3.8) is 0 Å². The zero-order valence-electron chi connectivity index (χ0n) is 13.0. The second-order valence-corrected chi connectivity index (χ2v) is 6.26. The highest BCUT2D eigenvalue weighted by molar-refractivity contribution is 7.14. The fourth-order valence-corrected chi connectivity index (χ4v) is 2.60. The van der Waals surface area contributed by atoms with E-state index in [9.17, 15) is 4.79 Å². The minimum Gasteiger partial charge on any atom is -0.381 e. The first kappa shape index (κ1) is 17.7. The largest absolute Gasteiger partial charge is 0.381 e. The third-order valence-electron chi connectivity index (χ3n) is 2.65. The van der Waals surface area contributed by atoms with Gasteiger partial charge in [0, 0.05) is 19.8 Å². The molecule has 0 aliphatic heterocycles. The number of nitrogens with two attached hydrogens (primary N) is 1. The van der Waals surface area contributed by atoms with Crippen LogP contribution in [-0.4, -0.2) is 32.2 Å². The van der Waals surface area contributed by atoms with E-state index in [2.05, 4.69) is 31.0 Å². The summed E-state index contributed by atoms with van der Waals surface area (Å²) in [4.78, 5) is 13.6. The number of thiophene rings is 1. The highest BCUT2D eigenvalue weighted by Crippen LogP contribution is 2.20. The number of nitrogens with one attached hydrogen (secondary N) is 1. The number of aryl methyl sites for hydroxylation is 1. The average Bonchev–Trinajstić information content (AvgIpc) is 2.81. The van der Waals surface area contributed by atoms with E-state index in [0.717, 1.165) is 23.5 Å². The molecule has 0 bridgehead atoms. The number of ether oxygens (including phenoxy) is 1.